The van der Waals surface area contributed by atoms with E-state index in [1.165, 1.54) is 0 Å². The van der Waals surface area contributed by atoms with Crippen LogP contribution in [0.2, 0.25) is 0 Å². The molecule has 1 saturated heterocycles. The quantitative estimate of drug-likeness (QED) is 0.551. The van der Waals surface area contributed by atoms with Crippen molar-refractivity contribution in [1.82, 2.24) is 15.2 Å². The van der Waals surface area contributed by atoms with E-state index in [0.29, 0.717) is 31.6 Å². The van der Waals surface area contributed by atoms with Gasteiger partial charge in [0.25, 0.3) is 5.91 Å². The molecule has 0 saturated carbocycles. The molecular weight excluding hydrogens is 410 g/mol. The summed E-state index contributed by atoms with van der Waals surface area (Å²) in [6, 6.07) is 21.5. The Morgan fingerprint density at radius 1 is 1.03 bits per heavy atom. The number of nitrogens with zero attached hydrogens (tertiary/aromatic N) is 2. The third kappa shape index (κ3) is 5.20. The van der Waals surface area contributed by atoms with Crippen LogP contribution < -0.4 is 5.32 Å². The minimum absolute atomic E-state index is 0.0257. The Hall–Kier alpha value is -3.73. The van der Waals surface area contributed by atoms with Gasteiger partial charge in [-0.05, 0) is 60.2 Å². The van der Waals surface area contributed by atoms with Crippen LogP contribution in [0.1, 0.15) is 28.8 Å². The van der Waals surface area contributed by atoms with Crippen molar-refractivity contribution >= 4 is 11.8 Å². The molecule has 1 aliphatic rings. The van der Waals surface area contributed by atoms with E-state index in [-0.39, 0.29) is 11.8 Å². The van der Waals surface area contributed by atoms with E-state index in [4.69, 9.17) is 0 Å². The number of carbonyl (C=O) groups is 2. The van der Waals surface area contributed by atoms with E-state index >= 15 is 0 Å². The maximum Gasteiger partial charge on any atom is 0.253 e. The second-order valence-corrected chi connectivity index (χ2v) is 8.59. The molecule has 0 bridgehead atoms. The average Bonchev–Trinajstić information content (AvgIpc) is 2.88. The number of aromatic nitrogens is 1. The van der Waals surface area contributed by atoms with Crippen LogP contribution >= 0.6 is 0 Å². The first-order valence-electron chi connectivity index (χ1n) is 11.3. The number of piperidine rings is 1. The van der Waals surface area contributed by atoms with Crippen molar-refractivity contribution in [3.8, 4) is 11.1 Å². The number of hydrogen-bond donors (Lipinski definition) is 1. The minimum atomic E-state index is -0.692. The van der Waals surface area contributed by atoms with Crippen LogP contribution in [0.4, 0.5) is 0 Å². The van der Waals surface area contributed by atoms with Gasteiger partial charge in [-0.25, -0.2) is 0 Å². The smallest absolute Gasteiger partial charge is 0.253 e. The zero-order valence-corrected chi connectivity index (χ0v) is 18.7. The molecule has 2 amide bonds. The van der Waals surface area contributed by atoms with E-state index in [9.17, 15) is 9.59 Å². The summed E-state index contributed by atoms with van der Waals surface area (Å²) in [4.78, 5) is 32.6. The third-order valence-corrected chi connectivity index (χ3v) is 6.26. The molecule has 1 unspecified atom stereocenters. The fraction of sp³-hybridized carbons (Fsp3) is 0.250. The molecule has 1 aromatic heterocycles. The summed E-state index contributed by atoms with van der Waals surface area (Å²) in [5, 5.41) is 3.01. The fourth-order valence-electron chi connectivity index (χ4n) is 4.63. The van der Waals surface area contributed by atoms with E-state index in [2.05, 4.69) is 35.1 Å². The molecule has 1 atom stereocenters. The zero-order chi connectivity index (χ0) is 23.1. The number of carbonyl (C=O) groups excluding carboxylic acids is 2. The summed E-state index contributed by atoms with van der Waals surface area (Å²) in [6.45, 7) is 5.18. The summed E-state index contributed by atoms with van der Waals surface area (Å²) in [5.41, 5.74) is 3.21. The van der Waals surface area contributed by atoms with Crippen molar-refractivity contribution in [2.75, 3.05) is 19.6 Å². The number of pyridine rings is 1. The Morgan fingerprint density at radius 3 is 2.58 bits per heavy atom. The van der Waals surface area contributed by atoms with Crippen molar-refractivity contribution in [2.24, 2.45) is 5.41 Å². The normalized spacial score (nSPS) is 17.9. The van der Waals surface area contributed by atoms with Gasteiger partial charge in [0.2, 0.25) is 5.91 Å². The van der Waals surface area contributed by atoms with Crippen molar-refractivity contribution in [3.63, 3.8) is 0 Å². The van der Waals surface area contributed by atoms with Crippen LogP contribution in [-0.4, -0.2) is 41.3 Å². The lowest BCUT2D eigenvalue weighted by molar-refractivity contribution is -0.133. The highest BCUT2D eigenvalue weighted by Crippen LogP contribution is 2.36. The Morgan fingerprint density at radius 2 is 1.82 bits per heavy atom. The molecule has 1 N–H and O–H groups in total. The van der Waals surface area contributed by atoms with Crippen molar-refractivity contribution in [2.45, 2.75) is 19.3 Å². The molecule has 168 valence electrons. The third-order valence-electron chi connectivity index (χ3n) is 6.26. The molecule has 33 heavy (non-hydrogen) atoms. The molecule has 2 heterocycles. The number of benzene rings is 2. The monoisotopic (exact) mass is 439 g/mol. The Labute approximate surface area is 195 Å². The number of rotatable bonds is 7. The average molecular weight is 440 g/mol. The number of likely N-dealkylation sites (tertiary alicyclic amines) is 1. The largest absolute Gasteiger partial charge is 0.352 e. The van der Waals surface area contributed by atoms with Crippen LogP contribution in [0, 0.1) is 5.41 Å². The summed E-state index contributed by atoms with van der Waals surface area (Å²) < 4.78 is 0. The van der Waals surface area contributed by atoms with Crippen LogP contribution in [-0.2, 0) is 11.2 Å². The number of amides is 2. The molecule has 5 nitrogen and oxygen atoms in total. The van der Waals surface area contributed by atoms with E-state index in [1.807, 2.05) is 53.4 Å². The molecule has 0 aliphatic carbocycles. The molecule has 1 fully saturated rings. The highest BCUT2D eigenvalue weighted by Gasteiger charge is 2.43. The predicted molar refractivity (Wildman–Crippen MR) is 131 cm³/mol. The Bertz CT molecular complexity index is 1110. The van der Waals surface area contributed by atoms with Gasteiger partial charge in [0.1, 0.15) is 0 Å². The SMILES string of the molecule is C=CCNC(=O)C1(Cc2cccc(-c3ccncc3)c2)CCCN(C(=O)c2ccccc2)C1. The second kappa shape index (κ2) is 10.3. The standard InChI is InChI=1S/C28H29N3O2/c1-2-15-30-27(33)28(14-7-18-31(21-28)26(32)24-9-4-3-5-10-24)20-22-8-6-11-25(19-22)23-12-16-29-17-13-23/h2-6,8-13,16-17,19H,1,7,14-15,18,20-21H2,(H,30,33). The molecule has 4 rings (SSSR count). The topological polar surface area (TPSA) is 62.3 Å². The van der Waals surface area contributed by atoms with Crippen LogP contribution in [0.15, 0.2) is 91.8 Å². The number of hydrogen-bond acceptors (Lipinski definition) is 3. The lowest BCUT2D eigenvalue weighted by Gasteiger charge is -2.42. The van der Waals surface area contributed by atoms with Crippen LogP contribution in [0.3, 0.4) is 0 Å². The summed E-state index contributed by atoms with van der Waals surface area (Å²) >= 11 is 0. The minimum Gasteiger partial charge on any atom is -0.352 e. The molecule has 3 aromatic rings. The second-order valence-electron chi connectivity index (χ2n) is 8.59. The first-order chi connectivity index (χ1) is 16.1. The lowest BCUT2D eigenvalue weighted by atomic mass is 9.73. The van der Waals surface area contributed by atoms with E-state index < -0.39 is 5.41 Å². The van der Waals surface area contributed by atoms with Gasteiger partial charge in [0.15, 0.2) is 0 Å². The van der Waals surface area contributed by atoms with Gasteiger partial charge in [-0.3, -0.25) is 14.6 Å². The van der Waals surface area contributed by atoms with E-state index in [1.54, 1.807) is 18.5 Å². The highest BCUT2D eigenvalue weighted by atomic mass is 16.2. The molecule has 0 radical (unpaired) electrons. The summed E-state index contributed by atoms with van der Waals surface area (Å²) in [5.74, 6) is -0.0518. The number of nitrogens with one attached hydrogen (secondary N) is 1. The van der Waals surface area contributed by atoms with Crippen LogP contribution in [0.25, 0.3) is 11.1 Å². The van der Waals surface area contributed by atoms with Crippen molar-refractivity contribution in [3.05, 3.63) is 103 Å². The maximum absolute atomic E-state index is 13.4. The van der Waals surface area contributed by atoms with Gasteiger partial charge < -0.3 is 10.2 Å². The lowest BCUT2D eigenvalue weighted by Crippen LogP contribution is -2.54. The van der Waals surface area contributed by atoms with Crippen molar-refractivity contribution < 1.29 is 9.59 Å². The van der Waals surface area contributed by atoms with Crippen LogP contribution in [0.5, 0.6) is 0 Å². The van der Waals surface area contributed by atoms with E-state index in [0.717, 1.165) is 29.5 Å². The fourth-order valence-corrected chi connectivity index (χ4v) is 4.63. The first-order valence-corrected chi connectivity index (χ1v) is 11.3. The Balaban J connectivity index is 1.63. The zero-order valence-electron chi connectivity index (χ0n) is 18.7. The van der Waals surface area contributed by atoms with Gasteiger partial charge in [-0.1, -0.05) is 48.5 Å². The van der Waals surface area contributed by atoms with Gasteiger partial charge in [-0.2, -0.15) is 0 Å². The molecule has 1 aliphatic heterocycles. The molecular formula is C28H29N3O2. The molecule has 2 aromatic carbocycles. The highest BCUT2D eigenvalue weighted by molar-refractivity contribution is 5.95. The van der Waals surface area contributed by atoms with Gasteiger partial charge in [-0.15, -0.1) is 6.58 Å². The first kappa shape index (κ1) is 22.5. The molecule has 0 spiro atoms. The van der Waals surface area contributed by atoms with Gasteiger partial charge in [0, 0.05) is 37.6 Å². The summed E-state index contributed by atoms with van der Waals surface area (Å²) in [7, 11) is 0. The van der Waals surface area contributed by atoms with Gasteiger partial charge >= 0.3 is 0 Å². The molecule has 5 heteroatoms. The Kier molecular flexibility index (Phi) is 6.98. The predicted octanol–water partition coefficient (Wildman–Crippen LogP) is 4.52. The maximum atomic E-state index is 13.4. The van der Waals surface area contributed by atoms with Crippen molar-refractivity contribution in [1.29, 1.82) is 0 Å². The summed E-state index contributed by atoms with van der Waals surface area (Å²) in [6.07, 6.45) is 7.32. The van der Waals surface area contributed by atoms with Gasteiger partial charge in [0.05, 0.1) is 5.41 Å².